The fourth-order valence-corrected chi connectivity index (χ4v) is 1.79. The van der Waals surface area contributed by atoms with Gasteiger partial charge in [0.15, 0.2) is 5.17 Å². The van der Waals surface area contributed by atoms with E-state index in [1.54, 1.807) is 0 Å². The van der Waals surface area contributed by atoms with E-state index in [-0.39, 0.29) is 23.4 Å². The van der Waals surface area contributed by atoms with E-state index >= 15 is 0 Å². The number of amidine groups is 1. The largest absolute Gasteiger partial charge is 0.378 e. The quantitative estimate of drug-likeness (QED) is 0.642. The van der Waals surface area contributed by atoms with Gasteiger partial charge in [-0.15, -0.1) is 0 Å². The second kappa shape index (κ2) is 4.27. The standard InChI is InChI=1S/C7H11N3O2S/c1-2-9-5(11)3-4-6(12)10-7(8)13-4/h4H,2-3H2,1H3,(H,9,11)(H2,8,10,12)/t4-/m0/s1. The van der Waals surface area contributed by atoms with Gasteiger partial charge in [-0.3, -0.25) is 9.59 Å². The van der Waals surface area contributed by atoms with Crippen molar-refractivity contribution in [2.24, 2.45) is 10.7 Å². The molecule has 1 aliphatic rings. The number of carbonyl (C=O) groups is 2. The number of carbonyl (C=O) groups excluding carboxylic acids is 2. The van der Waals surface area contributed by atoms with Crippen LogP contribution in [-0.4, -0.2) is 28.8 Å². The fraction of sp³-hybridized carbons (Fsp3) is 0.571. The molecule has 6 heteroatoms. The summed E-state index contributed by atoms with van der Waals surface area (Å²) >= 11 is 1.15. The van der Waals surface area contributed by atoms with Gasteiger partial charge in [-0.05, 0) is 6.92 Å². The van der Waals surface area contributed by atoms with Gasteiger partial charge in [-0.2, -0.15) is 4.99 Å². The molecule has 1 heterocycles. The van der Waals surface area contributed by atoms with Gasteiger partial charge in [0.25, 0.3) is 5.91 Å². The summed E-state index contributed by atoms with van der Waals surface area (Å²) in [6.07, 6.45) is 0.154. The van der Waals surface area contributed by atoms with Gasteiger partial charge in [0.2, 0.25) is 5.91 Å². The Balaban J connectivity index is 2.40. The lowest BCUT2D eigenvalue weighted by Crippen LogP contribution is -2.27. The predicted molar refractivity (Wildman–Crippen MR) is 51.3 cm³/mol. The van der Waals surface area contributed by atoms with E-state index in [4.69, 9.17) is 5.73 Å². The second-order valence-electron chi connectivity index (χ2n) is 2.55. The highest BCUT2D eigenvalue weighted by molar-refractivity contribution is 8.15. The van der Waals surface area contributed by atoms with Gasteiger partial charge in [0, 0.05) is 13.0 Å². The van der Waals surface area contributed by atoms with E-state index in [1.807, 2.05) is 6.92 Å². The van der Waals surface area contributed by atoms with E-state index in [0.717, 1.165) is 11.8 Å². The van der Waals surface area contributed by atoms with Crippen LogP contribution in [0.15, 0.2) is 4.99 Å². The molecule has 0 fully saturated rings. The van der Waals surface area contributed by atoms with Crippen molar-refractivity contribution in [1.29, 1.82) is 0 Å². The zero-order valence-electron chi connectivity index (χ0n) is 7.24. The summed E-state index contributed by atoms with van der Waals surface area (Å²) in [5.41, 5.74) is 5.33. The van der Waals surface area contributed by atoms with Crippen LogP contribution in [0.2, 0.25) is 0 Å². The number of hydrogen-bond donors (Lipinski definition) is 2. The third-order valence-corrected chi connectivity index (χ3v) is 2.49. The molecule has 0 spiro atoms. The maximum atomic E-state index is 11.1. The van der Waals surface area contributed by atoms with Crippen molar-refractivity contribution in [3.05, 3.63) is 0 Å². The van der Waals surface area contributed by atoms with Crippen LogP contribution in [0.4, 0.5) is 0 Å². The number of rotatable bonds is 3. The molecule has 0 radical (unpaired) electrons. The lowest BCUT2D eigenvalue weighted by molar-refractivity contribution is -0.124. The van der Waals surface area contributed by atoms with Crippen LogP contribution >= 0.6 is 11.8 Å². The topological polar surface area (TPSA) is 84.6 Å². The van der Waals surface area contributed by atoms with Gasteiger partial charge in [-0.1, -0.05) is 11.8 Å². The molecule has 5 nitrogen and oxygen atoms in total. The van der Waals surface area contributed by atoms with E-state index < -0.39 is 5.25 Å². The zero-order valence-corrected chi connectivity index (χ0v) is 8.06. The molecule has 0 aromatic carbocycles. The molecule has 3 N–H and O–H groups in total. The van der Waals surface area contributed by atoms with Gasteiger partial charge >= 0.3 is 0 Å². The third kappa shape index (κ3) is 2.73. The predicted octanol–water partition coefficient (Wildman–Crippen LogP) is -0.531. The molecule has 0 bridgehead atoms. The number of aliphatic imine (C=N–C) groups is 1. The summed E-state index contributed by atoms with van der Waals surface area (Å²) in [7, 11) is 0. The lowest BCUT2D eigenvalue weighted by Gasteiger charge is -2.05. The van der Waals surface area contributed by atoms with E-state index in [1.165, 1.54) is 0 Å². The highest BCUT2D eigenvalue weighted by Gasteiger charge is 2.28. The van der Waals surface area contributed by atoms with E-state index in [2.05, 4.69) is 10.3 Å². The highest BCUT2D eigenvalue weighted by Crippen LogP contribution is 2.22. The molecule has 1 rings (SSSR count). The minimum Gasteiger partial charge on any atom is -0.378 e. The average Bonchev–Trinajstić information content (AvgIpc) is 2.30. The first-order valence-corrected chi connectivity index (χ1v) is 4.82. The Bertz CT molecular complexity index is 264. The van der Waals surface area contributed by atoms with Crippen LogP contribution < -0.4 is 11.1 Å². The van der Waals surface area contributed by atoms with Crippen LogP contribution in [0.5, 0.6) is 0 Å². The maximum absolute atomic E-state index is 11.1. The van der Waals surface area contributed by atoms with Crippen molar-refractivity contribution >= 4 is 28.7 Å². The molecular formula is C7H11N3O2S. The van der Waals surface area contributed by atoms with Crippen LogP contribution in [0.3, 0.4) is 0 Å². The molecule has 1 atom stereocenters. The second-order valence-corrected chi connectivity index (χ2v) is 3.78. The molecule has 13 heavy (non-hydrogen) atoms. The molecule has 72 valence electrons. The molecule has 0 aromatic heterocycles. The molecule has 0 aromatic rings. The fourth-order valence-electron chi connectivity index (χ4n) is 0.970. The van der Waals surface area contributed by atoms with Gasteiger partial charge < -0.3 is 11.1 Å². The van der Waals surface area contributed by atoms with Crippen LogP contribution in [0, 0.1) is 0 Å². The average molecular weight is 201 g/mol. The van der Waals surface area contributed by atoms with Crippen molar-refractivity contribution in [3.8, 4) is 0 Å². The Morgan fingerprint density at radius 3 is 2.92 bits per heavy atom. The summed E-state index contributed by atoms with van der Waals surface area (Å²) in [5.74, 6) is -0.452. The molecule has 0 aliphatic carbocycles. The first-order chi connectivity index (χ1) is 6.13. The van der Waals surface area contributed by atoms with E-state index in [0.29, 0.717) is 6.54 Å². The summed E-state index contributed by atoms with van der Waals surface area (Å²) < 4.78 is 0. The Morgan fingerprint density at radius 1 is 1.77 bits per heavy atom. The van der Waals surface area contributed by atoms with Crippen molar-refractivity contribution in [2.75, 3.05) is 6.54 Å². The minimum absolute atomic E-state index is 0.141. The molecule has 0 saturated heterocycles. The first kappa shape index (κ1) is 10.0. The molecule has 2 amide bonds. The lowest BCUT2D eigenvalue weighted by atomic mass is 10.3. The van der Waals surface area contributed by atoms with Crippen LogP contribution in [0.25, 0.3) is 0 Å². The number of amides is 2. The summed E-state index contributed by atoms with van der Waals surface area (Å²) in [5, 5.41) is 2.44. The number of nitrogens with one attached hydrogen (secondary N) is 1. The van der Waals surface area contributed by atoms with Crippen molar-refractivity contribution in [2.45, 2.75) is 18.6 Å². The SMILES string of the molecule is CCNC(=O)C[C@@H]1SC(N)=NC1=O. The zero-order chi connectivity index (χ0) is 9.84. The molecule has 0 unspecified atom stereocenters. The van der Waals surface area contributed by atoms with Crippen LogP contribution in [-0.2, 0) is 9.59 Å². The van der Waals surface area contributed by atoms with Crippen molar-refractivity contribution < 1.29 is 9.59 Å². The van der Waals surface area contributed by atoms with Gasteiger partial charge in [0.1, 0.15) is 5.25 Å². The number of thioether (sulfide) groups is 1. The Hall–Kier alpha value is -1.04. The molecule has 0 saturated carbocycles. The summed E-state index contributed by atoms with van der Waals surface area (Å²) in [4.78, 5) is 25.7. The summed E-state index contributed by atoms with van der Waals surface area (Å²) in [6, 6.07) is 0. The summed E-state index contributed by atoms with van der Waals surface area (Å²) in [6.45, 7) is 2.40. The number of hydrogen-bond acceptors (Lipinski definition) is 4. The van der Waals surface area contributed by atoms with Gasteiger partial charge in [0.05, 0.1) is 0 Å². The Morgan fingerprint density at radius 2 is 2.46 bits per heavy atom. The smallest absolute Gasteiger partial charge is 0.262 e. The van der Waals surface area contributed by atoms with Gasteiger partial charge in [-0.25, -0.2) is 0 Å². The van der Waals surface area contributed by atoms with Crippen molar-refractivity contribution in [3.63, 3.8) is 0 Å². The monoisotopic (exact) mass is 201 g/mol. The Labute approximate surface area is 80.2 Å². The first-order valence-electron chi connectivity index (χ1n) is 3.95. The molecule has 1 aliphatic heterocycles. The Kier molecular flexibility index (Phi) is 3.30. The number of nitrogens with zero attached hydrogens (tertiary/aromatic N) is 1. The van der Waals surface area contributed by atoms with Crippen molar-refractivity contribution in [1.82, 2.24) is 5.32 Å². The molecular weight excluding hydrogens is 190 g/mol. The normalized spacial score (nSPS) is 21.5. The maximum Gasteiger partial charge on any atom is 0.262 e. The number of nitrogens with two attached hydrogens (primary N) is 1. The highest BCUT2D eigenvalue weighted by atomic mass is 32.2. The minimum atomic E-state index is -0.424. The third-order valence-electron chi connectivity index (χ3n) is 1.50. The van der Waals surface area contributed by atoms with E-state index in [9.17, 15) is 9.59 Å². The van der Waals surface area contributed by atoms with Crippen LogP contribution in [0.1, 0.15) is 13.3 Å².